The van der Waals surface area contributed by atoms with Crippen LogP contribution in [0.2, 0.25) is 0 Å². The maximum atomic E-state index is 4.00. The molecule has 2 heteroatoms. The fourth-order valence-electron chi connectivity index (χ4n) is 6.81. The minimum absolute atomic E-state index is 1.17. The first-order chi connectivity index (χ1) is 21.7. The number of hydrogen-bond donors (Lipinski definition) is 0. The third kappa shape index (κ3) is 4.02. The van der Waals surface area contributed by atoms with E-state index in [0.29, 0.717) is 0 Å². The summed E-state index contributed by atoms with van der Waals surface area (Å²) in [7, 11) is 0. The van der Waals surface area contributed by atoms with E-state index in [9.17, 15) is 0 Å². The van der Waals surface area contributed by atoms with Crippen molar-refractivity contribution in [2.24, 2.45) is 0 Å². The SMILES string of the molecule is Brc1c(-c2cccc3ccccc23)sc2ccc(-c3cccc(-c4ccc5c6ccccc6c6ccccc6c5c4)c3)cc12. The topological polar surface area (TPSA) is 0 Å². The van der Waals surface area contributed by atoms with Gasteiger partial charge in [0.05, 0.1) is 4.88 Å². The average molecular weight is 642 g/mol. The van der Waals surface area contributed by atoms with Gasteiger partial charge in [-0.05, 0) is 106 Å². The lowest BCUT2D eigenvalue weighted by Crippen LogP contribution is -1.85. The quantitative estimate of drug-likeness (QED) is 0.168. The van der Waals surface area contributed by atoms with Crippen LogP contribution in [-0.2, 0) is 0 Å². The highest BCUT2D eigenvalue weighted by Gasteiger charge is 2.15. The van der Waals surface area contributed by atoms with E-state index in [0.717, 1.165) is 0 Å². The predicted octanol–water partition coefficient (Wildman–Crippen LogP) is 13.3. The summed E-state index contributed by atoms with van der Waals surface area (Å²) in [5.41, 5.74) is 6.17. The normalized spacial score (nSPS) is 11.8. The zero-order chi connectivity index (χ0) is 29.2. The zero-order valence-corrected chi connectivity index (χ0v) is 26.1. The molecule has 0 N–H and O–H groups in total. The number of halogens is 1. The van der Waals surface area contributed by atoms with Crippen LogP contribution in [0, 0.1) is 0 Å². The van der Waals surface area contributed by atoms with Crippen molar-refractivity contribution in [2.75, 3.05) is 0 Å². The van der Waals surface area contributed by atoms with E-state index in [-0.39, 0.29) is 0 Å². The van der Waals surface area contributed by atoms with Crippen molar-refractivity contribution in [1.29, 1.82) is 0 Å². The molecule has 0 amide bonds. The highest BCUT2D eigenvalue weighted by Crippen LogP contribution is 2.46. The lowest BCUT2D eigenvalue weighted by Gasteiger charge is -2.12. The molecule has 0 saturated heterocycles. The van der Waals surface area contributed by atoms with Gasteiger partial charge < -0.3 is 0 Å². The third-order valence-corrected chi connectivity index (χ3v) is 11.2. The van der Waals surface area contributed by atoms with Gasteiger partial charge in [0, 0.05) is 20.1 Å². The molecule has 0 aliphatic heterocycles. The fourth-order valence-corrected chi connectivity index (χ4v) is 8.84. The Morgan fingerprint density at radius 3 is 1.57 bits per heavy atom. The molecule has 0 saturated carbocycles. The summed E-state index contributed by atoms with van der Waals surface area (Å²) in [5, 5.41) is 11.6. The van der Waals surface area contributed by atoms with E-state index in [4.69, 9.17) is 0 Å². The van der Waals surface area contributed by atoms with Crippen LogP contribution in [0.3, 0.4) is 0 Å². The molecule has 0 bridgehead atoms. The van der Waals surface area contributed by atoms with Gasteiger partial charge in [0.25, 0.3) is 0 Å². The molecule has 8 aromatic carbocycles. The smallest absolute Gasteiger partial charge is 0.0503 e. The van der Waals surface area contributed by atoms with Crippen LogP contribution in [0.1, 0.15) is 0 Å². The Morgan fingerprint density at radius 1 is 0.364 bits per heavy atom. The van der Waals surface area contributed by atoms with Crippen molar-refractivity contribution < 1.29 is 0 Å². The van der Waals surface area contributed by atoms with Gasteiger partial charge in [0.15, 0.2) is 0 Å². The highest BCUT2D eigenvalue weighted by atomic mass is 79.9. The van der Waals surface area contributed by atoms with E-state index in [1.54, 1.807) is 0 Å². The van der Waals surface area contributed by atoms with Gasteiger partial charge >= 0.3 is 0 Å². The van der Waals surface area contributed by atoms with Crippen LogP contribution >= 0.6 is 27.3 Å². The van der Waals surface area contributed by atoms with Gasteiger partial charge in [-0.1, -0.05) is 127 Å². The molecule has 44 heavy (non-hydrogen) atoms. The largest absolute Gasteiger partial charge is 0.134 e. The number of thiophene rings is 1. The minimum atomic E-state index is 1.17. The number of rotatable bonds is 3. The Kier molecular flexibility index (Phi) is 5.94. The number of fused-ring (bicyclic) bond motifs is 8. The Balaban J connectivity index is 1.16. The first-order valence-corrected chi connectivity index (χ1v) is 16.5. The molecule has 0 aliphatic carbocycles. The minimum Gasteiger partial charge on any atom is -0.134 e. The summed E-state index contributed by atoms with van der Waals surface area (Å²) in [5.74, 6) is 0. The molecule has 0 unspecified atom stereocenters. The van der Waals surface area contributed by atoms with Crippen LogP contribution in [0.15, 0.2) is 156 Å². The molecule has 206 valence electrons. The van der Waals surface area contributed by atoms with Crippen LogP contribution in [0.25, 0.3) is 85.9 Å². The third-order valence-electron chi connectivity index (χ3n) is 8.94. The Labute approximate surface area is 268 Å². The van der Waals surface area contributed by atoms with Gasteiger partial charge in [-0.3, -0.25) is 0 Å². The van der Waals surface area contributed by atoms with Gasteiger partial charge in [-0.15, -0.1) is 11.3 Å². The van der Waals surface area contributed by atoms with Crippen molar-refractivity contribution in [3.05, 3.63) is 156 Å². The van der Waals surface area contributed by atoms with E-state index in [1.165, 1.54) is 90.3 Å². The Hall–Kier alpha value is -4.76. The first-order valence-electron chi connectivity index (χ1n) is 14.9. The van der Waals surface area contributed by atoms with Crippen LogP contribution in [0.5, 0.6) is 0 Å². The molecular formula is C42H25BrS. The van der Waals surface area contributed by atoms with E-state index >= 15 is 0 Å². The summed E-state index contributed by atoms with van der Waals surface area (Å²) in [4.78, 5) is 1.28. The van der Waals surface area contributed by atoms with Crippen molar-refractivity contribution in [2.45, 2.75) is 0 Å². The van der Waals surface area contributed by atoms with E-state index in [2.05, 4.69) is 168 Å². The summed E-state index contributed by atoms with van der Waals surface area (Å²) in [6.07, 6.45) is 0. The lowest BCUT2D eigenvalue weighted by molar-refractivity contribution is 1.62. The molecule has 0 fully saturated rings. The molecule has 0 aliphatic rings. The van der Waals surface area contributed by atoms with E-state index in [1.807, 2.05) is 11.3 Å². The van der Waals surface area contributed by atoms with Gasteiger partial charge in [0.1, 0.15) is 0 Å². The van der Waals surface area contributed by atoms with Gasteiger partial charge in [-0.2, -0.15) is 0 Å². The summed E-state index contributed by atoms with van der Waals surface area (Å²) >= 11 is 5.85. The van der Waals surface area contributed by atoms with Crippen LogP contribution in [0.4, 0.5) is 0 Å². The maximum Gasteiger partial charge on any atom is 0.0503 e. The molecule has 9 rings (SSSR count). The molecule has 0 nitrogen and oxygen atoms in total. The fraction of sp³-hybridized carbons (Fsp3) is 0. The Morgan fingerprint density at radius 2 is 0.864 bits per heavy atom. The maximum absolute atomic E-state index is 4.00. The molecule has 0 atom stereocenters. The van der Waals surface area contributed by atoms with Crippen molar-refractivity contribution in [3.63, 3.8) is 0 Å². The van der Waals surface area contributed by atoms with Crippen molar-refractivity contribution >= 4 is 80.4 Å². The zero-order valence-electron chi connectivity index (χ0n) is 23.7. The summed E-state index contributed by atoms with van der Waals surface area (Å²) in [6, 6.07) is 55.5. The Bertz CT molecular complexity index is 2530. The predicted molar refractivity (Wildman–Crippen MR) is 196 cm³/mol. The van der Waals surface area contributed by atoms with Crippen LogP contribution < -0.4 is 0 Å². The molecule has 0 radical (unpaired) electrons. The second-order valence-corrected chi connectivity index (χ2v) is 13.3. The number of benzene rings is 8. The van der Waals surface area contributed by atoms with E-state index < -0.39 is 0 Å². The lowest BCUT2D eigenvalue weighted by atomic mass is 9.91. The number of hydrogen-bond acceptors (Lipinski definition) is 1. The monoisotopic (exact) mass is 640 g/mol. The average Bonchev–Trinajstić information content (AvgIpc) is 3.43. The molecule has 9 aromatic rings. The summed E-state index contributed by atoms with van der Waals surface area (Å²) < 4.78 is 2.45. The highest BCUT2D eigenvalue weighted by molar-refractivity contribution is 9.10. The molecule has 0 spiro atoms. The molecule has 1 heterocycles. The van der Waals surface area contributed by atoms with Gasteiger partial charge in [0.2, 0.25) is 0 Å². The molecular weight excluding hydrogens is 616 g/mol. The summed E-state index contributed by atoms with van der Waals surface area (Å²) in [6.45, 7) is 0. The second-order valence-electron chi connectivity index (χ2n) is 11.4. The van der Waals surface area contributed by atoms with Crippen LogP contribution in [-0.4, -0.2) is 0 Å². The molecule has 1 aromatic heterocycles. The van der Waals surface area contributed by atoms with Crippen molar-refractivity contribution in [1.82, 2.24) is 0 Å². The van der Waals surface area contributed by atoms with Gasteiger partial charge in [-0.25, -0.2) is 0 Å². The van der Waals surface area contributed by atoms with Crippen molar-refractivity contribution in [3.8, 4) is 32.7 Å². The standard InChI is InChI=1S/C42H25BrS/c43-41-39-25-30(20-22-40(39)44-42(41)37-18-8-10-26-9-1-2-13-31(26)37)28-12-7-11-27(23-28)29-19-21-36-34-16-4-3-14-32(34)33-15-5-6-17-35(33)38(36)24-29/h1-25H. The first kappa shape index (κ1) is 25.7. The second kappa shape index (κ2) is 10.2.